The fourth-order valence-corrected chi connectivity index (χ4v) is 2.27. The lowest BCUT2D eigenvalue weighted by Gasteiger charge is -2.18. The number of Topliss-reactive ketones (excluding diaryl/α,β-unsaturated/α-hetero) is 1. The molecule has 18 heavy (non-hydrogen) atoms. The van der Waals surface area contributed by atoms with Crippen molar-refractivity contribution in [1.29, 1.82) is 0 Å². The number of hydrogen-bond acceptors (Lipinski definition) is 4. The van der Waals surface area contributed by atoms with Gasteiger partial charge in [0.05, 0.1) is 18.4 Å². The number of alkyl halides is 1. The number of para-hydroxylation sites is 1. The monoisotopic (exact) mass is 311 g/mol. The first-order valence-electron chi connectivity index (χ1n) is 5.23. The standard InChI is InChI=1S/C12H10BrNO4/c1-18-12(17)8(13)6-14-9-5-3-2-4-7(9)10(15)11(14)16/h2-5,8H,6H2,1H3. The van der Waals surface area contributed by atoms with E-state index in [0.29, 0.717) is 11.3 Å². The van der Waals surface area contributed by atoms with Gasteiger partial charge in [-0.1, -0.05) is 28.1 Å². The van der Waals surface area contributed by atoms with Crippen LogP contribution in [0.5, 0.6) is 0 Å². The largest absolute Gasteiger partial charge is 0.468 e. The molecule has 1 atom stereocenters. The lowest BCUT2D eigenvalue weighted by molar-refractivity contribution is -0.139. The van der Waals surface area contributed by atoms with E-state index < -0.39 is 22.5 Å². The molecule has 1 heterocycles. The first-order chi connectivity index (χ1) is 8.56. The summed E-state index contributed by atoms with van der Waals surface area (Å²) in [4.78, 5) is 35.4. The van der Waals surface area contributed by atoms with Gasteiger partial charge in [0.25, 0.3) is 11.7 Å². The van der Waals surface area contributed by atoms with Gasteiger partial charge in [0.1, 0.15) is 4.83 Å². The number of nitrogens with zero attached hydrogens (tertiary/aromatic N) is 1. The van der Waals surface area contributed by atoms with Crippen molar-refractivity contribution in [3.05, 3.63) is 29.8 Å². The van der Waals surface area contributed by atoms with Crippen molar-refractivity contribution in [2.24, 2.45) is 0 Å². The number of carbonyl (C=O) groups excluding carboxylic acids is 3. The smallest absolute Gasteiger partial charge is 0.321 e. The summed E-state index contributed by atoms with van der Waals surface area (Å²) in [5, 5.41) is 0. The Morgan fingerprint density at radius 3 is 2.72 bits per heavy atom. The highest BCUT2D eigenvalue weighted by Gasteiger charge is 2.37. The first kappa shape index (κ1) is 12.8. The molecule has 1 amide bonds. The molecule has 5 nitrogen and oxygen atoms in total. The summed E-state index contributed by atoms with van der Waals surface area (Å²) < 4.78 is 4.56. The molecule has 6 heteroatoms. The van der Waals surface area contributed by atoms with Crippen LogP contribution in [0, 0.1) is 0 Å². The van der Waals surface area contributed by atoms with E-state index in [4.69, 9.17) is 0 Å². The summed E-state index contributed by atoms with van der Waals surface area (Å²) >= 11 is 3.13. The molecule has 1 aliphatic rings. The average molecular weight is 312 g/mol. The number of halogens is 1. The molecule has 94 valence electrons. The molecular weight excluding hydrogens is 302 g/mol. The Balaban J connectivity index is 2.27. The quantitative estimate of drug-likeness (QED) is 0.477. The van der Waals surface area contributed by atoms with Crippen LogP contribution in [0.25, 0.3) is 0 Å². The van der Waals surface area contributed by atoms with Crippen LogP contribution in [0.3, 0.4) is 0 Å². The van der Waals surface area contributed by atoms with Crippen molar-refractivity contribution in [3.63, 3.8) is 0 Å². The summed E-state index contributed by atoms with van der Waals surface area (Å²) in [5.74, 6) is -1.65. The Morgan fingerprint density at radius 1 is 1.39 bits per heavy atom. The minimum atomic E-state index is -0.662. The number of carbonyl (C=O) groups is 3. The first-order valence-corrected chi connectivity index (χ1v) is 6.15. The summed E-state index contributed by atoms with van der Waals surface area (Å²) in [5.41, 5.74) is 0.896. The zero-order chi connectivity index (χ0) is 13.3. The van der Waals surface area contributed by atoms with E-state index in [9.17, 15) is 14.4 Å². The zero-order valence-corrected chi connectivity index (χ0v) is 11.1. The van der Waals surface area contributed by atoms with Crippen molar-refractivity contribution >= 4 is 39.3 Å². The van der Waals surface area contributed by atoms with Crippen LogP contribution in [0.15, 0.2) is 24.3 Å². The molecule has 0 aliphatic carbocycles. The van der Waals surface area contributed by atoms with Crippen molar-refractivity contribution in [2.45, 2.75) is 4.83 Å². The van der Waals surface area contributed by atoms with E-state index in [1.807, 2.05) is 0 Å². The molecule has 0 aromatic heterocycles. The second-order valence-electron chi connectivity index (χ2n) is 3.75. The molecule has 0 radical (unpaired) electrons. The van der Waals surface area contributed by atoms with E-state index in [2.05, 4.69) is 20.7 Å². The number of methoxy groups -OCH3 is 1. The van der Waals surface area contributed by atoms with Gasteiger partial charge in [0.15, 0.2) is 0 Å². The number of ether oxygens (including phenoxy) is 1. The van der Waals surface area contributed by atoms with Crippen LogP contribution in [0.1, 0.15) is 10.4 Å². The van der Waals surface area contributed by atoms with Crippen molar-refractivity contribution < 1.29 is 19.1 Å². The summed E-state index contributed by atoms with van der Waals surface area (Å²) in [7, 11) is 1.27. The topological polar surface area (TPSA) is 63.7 Å². The van der Waals surface area contributed by atoms with Crippen LogP contribution in [0.4, 0.5) is 5.69 Å². The molecule has 0 bridgehead atoms. The van der Waals surface area contributed by atoms with E-state index in [-0.39, 0.29) is 6.54 Å². The van der Waals surface area contributed by atoms with Gasteiger partial charge in [-0.05, 0) is 12.1 Å². The van der Waals surface area contributed by atoms with Crippen LogP contribution < -0.4 is 4.90 Å². The van der Waals surface area contributed by atoms with Gasteiger partial charge < -0.3 is 9.64 Å². The number of esters is 1. The Labute approximate surface area is 112 Å². The highest BCUT2D eigenvalue weighted by Crippen LogP contribution is 2.29. The molecule has 0 fully saturated rings. The third-order valence-electron chi connectivity index (χ3n) is 2.68. The Kier molecular flexibility index (Phi) is 3.47. The van der Waals surface area contributed by atoms with Crippen LogP contribution in [-0.4, -0.2) is 36.1 Å². The second-order valence-corrected chi connectivity index (χ2v) is 4.86. The minimum Gasteiger partial charge on any atom is -0.468 e. The minimum absolute atomic E-state index is 0.0637. The van der Waals surface area contributed by atoms with Gasteiger partial charge >= 0.3 is 5.97 Å². The third kappa shape index (κ3) is 2.03. The maximum Gasteiger partial charge on any atom is 0.321 e. The highest BCUT2D eigenvalue weighted by molar-refractivity contribution is 9.10. The molecule has 2 rings (SSSR count). The second kappa shape index (κ2) is 4.89. The van der Waals surface area contributed by atoms with Gasteiger partial charge in [-0.25, -0.2) is 0 Å². The number of anilines is 1. The van der Waals surface area contributed by atoms with Crippen LogP contribution in [0.2, 0.25) is 0 Å². The molecule has 1 aliphatic heterocycles. The number of hydrogen-bond donors (Lipinski definition) is 0. The molecule has 0 N–H and O–H groups in total. The van der Waals surface area contributed by atoms with E-state index in [0.717, 1.165) is 0 Å². The molecule has 1 unspecified atom stereocenters. The van der Waals surface area contributed by atoms with Crippen molar-refractivity contribution in [3.8, 4) is 0 Å². The SMILES string of the molecule is COC(=O)C(Br)CN1C(=O)C(=O)c2ccccc21. The summed E-state index contributed by atoms with van der Waals surface area (Å²) in [6.45, 7) is 0.0637. The van der Waals surface area contributed by atoms with Crippen LogP contribution in [-0.2, 0) is 14.3 Å². The maximum atomic E-state index is 11.8. The normalized spacial score (nSPS) is 15.6. The van der Waals surface area contributed by atoms with E-state index >= 15 is 0 Å². The summed E-state index contributed by atoms with van der Waals surface area (Å²) in [6.07, 6.45) is 0. The fraction of sp³-hybridized carbons (Fsp3) is 0.250. The van der Waals surface area contributed by atoms with E-state index in [1.165, 1.54) is 12.0 Å². The van der Waals surface area contributed by atoms with Gasteiger partial charge in [-0.2, -0.15) is 0 Å². The number of rotatable bonds is 3. The molecular formula is C12H10BrNO4. The highest BCUT2D eigenvalue weighted by atomic mass is 79.9. The Hall–Kier alpha value is -1.69. The number of benzene rings is 1. The van der Waals surface area contributed by atoms with Crippen molar-refractivity contribution in [2.75, 3.05) is 18.6 Å². The maximum absolute atomic E-state index is 11.8. The zero-order valence-electron chi connectivity index (χ0n) is 9.55. The Morgan fingerprint density at radius 2 is 2.06 bits per heavy atom. The molecule has 1 aromatic rings. The molecule has 0 saturated heterocycles. The number of ketones is 1. The van der Waals surface area contributed by atoms with Gasteiger partial charge in [-0.15, -0.1) is 0 Å². The summed E-state index contributed by atoms with van der Waals surface area (Å²) in [6, 6.07) is 6.70. The Bertz CT molecular complexity index is 529. The average Bonchev–Trinajstić information content (AvgIpc) is 2.63. The molecule has 1 aromatic carbocycles. The third-order valence-corrected chi connectivity index (χ3v) is 3.34. The fourth-order valence-electron chi connectivity index (χ4n) is 1.79. The van der Waals surface area contributed by atoms with Gasteiger partial charge in [-0.3, -0.25) is 14.4 Å². The van der Waals surface area contributed by atoms with E-state index in [1.54, 1.807) is 24.3 Å². The predicted octanol–water partition coefficient (Wildman–Crippen LogP) is 1.15. The van der Waals surface area contributed by atoms with Gasteiger partial charge in [0, 0.05) is 6.54 Å². The number of fused-ring (bicyclic) bond motifs is 1. The van der Waals surface area contributed by atoms with Crippen molar-refractivity contribution in [1.82, 2.24) is 0 Å². The molecule has 0 saturated carbocycles. The number of amides is 1. The lowest BCUT2D eigenvalue weighted by Crippen LogP contribution is -2.37. The van der Waals surface area contributed by atoms with Crippen LogP contribution >= 0.6 is 15.9 Å². The predicted molar refractivity (Wildman–Crippen MR) is 67.9 cm³/mol. The molecule has 0 spiro atoms. The lowest BCUT2D eigenvalue weighted by atomic mass is 10.1. The van der Waals surface area contributed by atoms with Gasteiger partial charge in [0.2, 0.25) is 0 Å².